The minimum atomic E-state index is 0.254. The molecular weight excluding hydrogens is 222 g/mol. The normalized spacial score (nSPS) is 16.1. The maximum Gasteiger partial charge on any atom is 0.171 e. The number of Topliss-reactive ketones (excluding diaryl/α,β-unsaturated/α-hetero) is 1. The average molecular weight is 228 g/mol. The zero-order chi connectivity index (χ0) is 8.55. The maximum absolute atomic E-state index is 10.7. The van der Waals surface area contributed by atoms with Gasteiger partial charge in [-0.3, -0.25) is 4.79 Å². The van der Waals surface area contributed by atoms with Gasteiger partial charge in [-0.25, -0.2) is 9.97 Å². The molecule has 0 radical (unpaired) electrons. The SMILES string of the molecule is O=C1CN(c2cc(Br)ncn2)C1. The van der Waals surface area contributed by atoms with E-state index in [0.717, 1.165) is 10.4 Å². The minimum absolute atomic E-state index is 0.254. The summed E-state index contributed by atoms with van der Waals surface area (Å²) in [5.74, 6) is 1.06. The van der Waals surface area contributed by atoms with E-state index < -0.39 is 0 Å². The summed E-state index contributed by atoms with van der Waals surface area (Å²) in [6, 6.07) is 1.80. The molecule has 4 nitrogen and oxygen atoms in total. The quantitative estimate of drug-likeness (QED) is 0.661. The molecule has 2 heterocycles. The first-order chi connectivity index (χ1) is 5.75. The van der Waals surface area contributed by atoms with E-state index in [1.54, 1.807) is 6.07 Å². The van der Waals surface area contributed by atoms with Crippen LogP contribution in [0.2, 0.25) is 0 Å². The maximum atomic E-state index is 10.7. The molecule has 0 aromatic carbocycles. The fourth-order valence-electron chi connectivity index (χ4n) is 1.04. The third-order valence-electron chi connectivity index (χ3n) is 1.68. The van der Waals surface area contributed by atoms with Crippen molar-refractivity contribution in [2.45, 2.75) is 0 Å². The molecule has 0 unspecified atom stereocenters. The summed E-state index contributed by atoms with van der Waals surface area (Å²) in [6.07, 6.45) is 1.47. The van der Waals surface area contributed by atoms with Gasteiger partial charge in [-0.2, -0.15) is 0 Å². The molecule has 5 heteroatoms. The standard InChI is InChI=1S/C7H6BrN3O/c8-6-1-7(10-4-9-6)11-2-5(12)3-11/h1,4H,2-3H2. The largest absolute Gasteiger partial charge is 0.342 e. The van der Waals surface area contributed by atoms with E-state index in [1.807, 2.05) is 4.90 Å². The summed E-state index contributed by atoms with van der Waals surface area (Å²) in [4.78, 5) is 20.5. The van der Waals surface area contributed by atoms with Crippen LogP contribution < -0.4 is 4.90 Å². The Kier molecular flexibility index (Phi) is 1.80. The predicted molar refractivity (Wildman–Crippen MR) is 47.0 cm³/mol. The molecular formula is C7H6BrN3O. The highest BCUT2D eigenvalue weighted by Gasteiger charge is 2.24. The van der Waals surface area contributed by atoms with Crippen molar-refractivity contribution in [3.8, 4) is 0 Å². The lowest BCUT2D eigenvalue weighted by atomic mass is 10.2. The predicted octanol–water partition coefficient (Wildman–Crippen LogP) is 0.628. The fourth-order valence-corrected chi connectivity index (χ4v) is 1.33. The third-order valence-corrected chi connectivity index (χ3v) is 2.11. The van der Waals surface area contributed by atoms with Crippen LogP contribution in [0.15, 0.2) is 17.0 Å². The molecule has 0 bridgehead atoms. The number of anilines is 1. The van der Waals surface area contributed by atoms with Gasteiger partial charge in [0.15, 0.2) is 5.78 Å². The van der Waals surface area contributed by atoms with Gasteiger partial charge in [0.1, 0.15) is 16.7 Å². The Labute approximate surface area is 77.7 Å². The lowest BCUT2D eigenvalue weighted by Gasteiger charge is -2.30. The first-order valence-electron chi connectivity index (χ1n) is 3.50. The Balaban J connectivity index is 2.18. The Morgan fingerprint density at radius 3 is 2.75 bits per heavy atom. The van der Waals surface area contributed by atoms with Crippen LogP contribution in [0, 0.1) is 0 Å². The van der Waals surface area contributed by atoms with Gasteiger partial charge in [-0.15, -0.1) is 0 Å². The fraction of sp³-hybridized carbons (Fsp3) is 0.286. The molecule has 2 rings (SSSR count). The summed E-state index contributed by atoms with van der Waals surface area (Å²) >= 11 is 3.24. The second-order valence-corrected chi connectivity index (χ2v) is 3.41. The number of nitrogens with zero attached hydrogens (tertiary/aromatic N) is 3. The van der Waals surface area contributed by atoms with Gasteiger partial charge < -0.3 is 4.90 Å². The van der Waals surface area contributed by atoms with Gasteiger partial charge in [0, 0.05) is 6.07 Å². The second-order valence-electron chi connectivity index (χ2n) is 2.59. The van der Waals surface area contributed by atoms with Crippen molar-refractivity contribution in [2.75, 3.05) is 18.0 Å². The van der Waals surface area contributed by atoms with Gasteiger partial charge in [0.25, 0.3) is 0 Å². The Morgan fingerprint density at radius 2 is 2.17 bits per heavy atom. The number of carbonyl (C=O) groups excluding carboxylic acids is 1. The zero-order valence-electron chi connectivity index (χ0n) is 6.20. The summed E-state index contributed by atoms with van der Waals surface area (Å²) in [7, 11) is 0. The van der Waals surface area contributed by atoms with Gasteiger partial charge >= 0.3 is 0 Å². The Bertz CT molecular complexity index is 320. The molecule has 1 aromatic rings. The van der Waals surface area contributed by atoms with Crippen LogP contribution in [0.5, 0.6) is 0 Å². The summed E-state index contributed by atoms with van der Waals surface area (Å²) < 4.78 is 0.742. The summed E-state index contributed by atoms with van der Waals surface area (Å²) in [5, 5.41) is 0. The summed E-state index contributed by atoms with van der Waals surface area (Å²) in [5.41, 5.74) is 0. The van der Waals surface area contributed by atoms with E-state index in [9.17, 15) is 4.79 Å². The molecule has 0 atom stereocenters. The number of hydrogen-bond acceptors (Lipinski definition) is 4. The summed E-state index contributed by atoms with van der Waals surface area (Å²) in [6.45, 7) is 0.951. The Hall–Kier alpha value is -0.970. The number of aromatic nitrogens is 2. The topological polar surface area (TPSA) is 46.1 Å². The van der Waals surface area contributed by atoms with E-state index in [-0.39, 0.29) is 5.78 Å². The van der Waals surface area contributed by atoms with Crippen LogP contribution in [-0.4, -0.2) is 28.8 Å². The van der Waals surface area contributed by atoms with Crippen LogP contribution in [0.3, 0.4) is 0 Å². The van der Waals surface area contributed by atoms with E-state index >= 15 is 0 Å². The first-order valence-corrected chi connectivity index (χ1v) is 4.29. The molecule has 1 saturated heterocycles. The van der Waals surface area contributed by atoms with E-state index in [0.29, 0.717) is 13.1 Å². The number of rotatable bonds is 1. The van der Waals surface area contributed by atoms with Crippen molar-refractivity contribution < 1.29 is 4.79 Å². The van der Waals surface area contributed by atoms with Crippen LogP contribution in [0.1, 0.15) is 0 Å². The molecule has 0 amide bonds. The van der Waals surface area contributed by atoms with Crippen LogP contribution in [0.4, 0.5) is 5.82 Å². The molecule has 0 saturated carbocycles. The smallest absolute Gasteiger partial charge is 0.171 e. The molecule has 1 aromatic heterocycles. The highest BCUT2D eigenvalue weighted by atomic mass is 79.9. The molecule has 1 aliphatic rings. The molecule has 1 aliphatic heterocycles. The average Bonchev–Trinajstić information content (AvgIpc) is 1.99. The van der Waals surface area contributed by atoms with Gasteiger partial charge in [-0.1, -0.05) is 0 Å². The zero-order valence-corrected chi connectivity index (χ0v) is 7.78. The van der Waals surface area contributed by atoms with Gasteiger partial charge in [0.2, 0.25) is 0 Å². The lowest BCUT2D eigenvalue weighted by molar-refractivity contribution is -0.119. The number of carbonyl (C=O) groups is 1. The highest BCUT2D eigenvalue weighted by molar-refractivity contribution is 9.10. The van der Waals surface area contributed by atoms with Crippen molar-refractivity contribution in [1.29, 1.82) is 0 Å². The van der Waals surface area contributed by atoms with Crippen molar-refractivity contribution in [3.63, 3.8) is 0 Å². The Morgan fingerprint density at radius 1 is 1.42 bits per heavy atom. The van der Waals surface area contributed by atoms with Crippen molar-refractivity contribution in [2.24, 2.45) is 0 Å². The molecule has 12 heavy (non-hydrogen) atoms. The van der Waals surface area contributed by atoms with Gasteiger partial charge in [0.05, 0.1) is 13.1 Å². The van der Waals surface area contributed by atoms with E-state index in [4.69, 9.17) is 0 Å². The van der Waals surface area contributed by atoms with Gasteiger partial charge in [-0.05, 0) is 15.9 Å². The number of hydrogen-bond donors (Lipinski definition) is 0. The van der Waals surface area contributed by atoms with E-state index in [2.05, 4.69) is 25.9 Å². The second kappa shape index (κ2) is 2.82. The molecule has 0 spiro atoms. The number of ketones is 1. The van der Waals surface area contributed by atoms with Crippen molar-refractivity contribution in [1.82, 2.24) is 9.97 Å². The third kappa shape index (κ3) is 1.32. The highest BCUT2D eigenvalue weighted by Crippen LogP contribution is 2.17. The lowest BCUT2D eigenvalue weighted by Crippen LogP contribution is -2.47. The van der Waals surface area contributed by atoms with Crippen molar-refractivity contribution >= 4 is 27.5 Å². The van der Waals surface area contributed by atoms with Crippen LogP contribution >= 0.6 is 15.9 Å². The monoisotopic (exact) mass is 227 g/mol. The van der Waals surface area contributed by atoms with Crippen LogP contribution in [0.25, 0.3) is 0 Å². The van der Waals surface area contributed by atoms with Crippen LogP contribution in [-0.2, 0) is 4.79 Å². The van der Waals surface area contributed by atoms with Crippen molar-refractivity contribution in [3.05, 3.63) is 17.0 Å². The molecule has 0 aliphatic carbocycles. The molecule has 62 valence electrons. The molecule has 0 N–H and O–H groups in total. The van der Waals surface area contributed by atoms with E-state index in [1.165, 1.54) is 6.33 Å². The minimum Gasteiger partial charge on any atom is -0.342 e. The molecule has 1 fully saturated rings. The number of halogens is 1. The first kappa shape index (κ1) is 7.67.